The van der Waals surface area contributed by atoms with Crippen molar-refractivity contribution in [2.24, 2.45) is 11.8 Å². The Bertz CT molecular complexity index is 213. The van der Waals surface area contributed by atoms with Crippen LogP contribution in [0.2, 0.25) is 0 Å². The second kappa shape index (κ2) is 8.13. The summed E-state index contributed by atoms with van der Waals surface area (Å²) < 4.78 is 11.4. The third-order valence-electron chi connectivity index (χ3n) is 4.38. The molecule has 2 rings (SSSR count). The van der Waals surface area contributed by atoms with Crippen LogP contribution >= 0.6 is 0 Å². The summed E-state index contributed by atoms with van der Waals surface area (Å²) in [5, 5.41) is 3.62. The molecule has 3 nitrogen and oxygen atoms in total. The first-order valence-corrected chi connectivity index (χ1v) is 7.79. The van der Waals surface area contributed by atoms with Crippen molar-refractivity contribution in [1.82, 2.24) is 5.32 Å². The zero-order valence-corrected chi connectivity index (χ0v) is 11.8. The molecular weight excluding hydrogens is 226 g/mol. The van der Waals surface area contributed by atoms with E-state index in [1.807, 2.05) is 0 Å². The van der Waals surface area contributed by atoms with Crippen molar-refractivity contribution in [2.75, 3.05) is 33.0 Å². The minimum Gasteiger partial charge on any atom is -0.381 e. The van der Waals surface area contributed by atoms with Crippen LogP contribution in [-0.2, 0) is 9.47 Å². The topological polar surface area (TPSA) is 30.5 Å². The predicted molar refractivity (Wildman–Crippen MR) is 73.8 cm³/mol. The first kappa shape index (κ1) is 14.3. The predicted octanol–water partition coefficient (Wildman–Crippen LogP) is 2.60. The highest BCUT2D eigenvalue weighted by Crippen LogP contribution is 2.29. The largest absolute Gasteiger partial charge is 0.381 e. The van der Waals surface area contributed by atoms with Gasteiger partial charge in [-0.1, -0.05) is 26.2 Å². The second-order valence-electron chi connectivity index (χ2n) is 5.84. The van der Waals surface area contributed by atoms with Crippen LogP contribution in [0, 0.1) is 11.8 Å². The molecule has 0 aromatic carbocycles. The quantitative estimate of drug-likeness (QED) is 0.642. The molecule has 0 radical (unpaired) electrons. The number of ether oxygens (including phenoxy) is 2. The maximum absolute atomic E-state index is 5.89. The van der Waals surface area contributed by atoms with Crippen LogP contribution < -0.4 is 5.32 Å². The summed E-state index contributed by atoms with van der Waals surface area (Å²) in [6.07, 6.45) is 7.93. The number of hydrogen-bond donors (Lipinski definition) is 1. The normalized spacial score (nSPS) is 26.2. The molecule has 1 saturated carbocycles. The Labute approximate surface area is 112 Å². The van der Waals surface area contributed by atoms with Crippen molar-refractivity contribution in [3.63, 3.8) is 0 Å². The van der Waals surface area contributed by atoms with Crippen LogP contribution in [0.25, 0.3) is 0 Å². The molecule has 0 amide bonds. The highest BCUT2D eigenvalue weighted by molar-refractivity contribution is 4.79. The van der Waals surface area contributed by atoms with E-state index in [9.17, 15) is 0 Å². The molecule has 2 atom stereocenters. The van der Waals surface area contributed by atoms with Gasteiger partial charge in [0.15, 0.2) is 0 Å². The van der Waals surface area contributed by atoms with E-state index >= 15 is 0 Å². The fourth-order valence-corrected chi connectivity index (χ4v) is 2.80. The summed E-state index contributed by atoms with van der Waals surface area (Å²) in [6.45, 7) is 6.95. The van der Waals surface area contributed by atoms with E-state index in [1.165, 1.54) is 38.5 Å². The van der Waals surface area contributed by atoms with Crippen LogP contribution in [0.4, 0.5) is 0 Å². The van der Waals surface area contributed by atoms with E-state index in [2.05, 4.69) is 12.2 Å². The Balaban J connectivity index is 1.60. The Morgan fingerprint density at radius 2 is 2.22 bits per heavy atom. The smallest absolute Gasteiger partial charge is 0.0623 e. The van der Waals surface area contributed by atoms with Gasteiger partial charge in [0, 0.05) is 25.2 Å². The van der Waals surface area contributed by atoms with Gasteiger partial charge in [-0.05, 0) is 31.7 Å². The maximum Gasteiger partial charge on any atom is 0.0623 e. The van der Waals surface area contributed by atoms with Crippen molar-refractivity contribution < 1.29 is 9.47 Å². The molecule has 1 aliphatic carbocycles. The van der Waals surface area contributed by atoms with Crippen molar-refractivity contribution in [3.05, 3.63) is 0 Å². The van der Waals surface area contributed by atoms with Gasteiger partial charge in [0.2, 0.25) is 0 Å². The summed E-state index contributed by atoms with van der Waals surface area (Å²) in [5.74, 6) is 1.61. The molecule has 1 aliphatic heterocycles. The molecule has 1 saturated heterocycles. The van der Waals surface area contributed by atoms with Gasteiger partial charge < -0.3 is 14.8 Å². The highest BCUT2D eigenvalue weighted by atomic mass is 16.5. The fourth-order valence-electron chi connectivity index (χ4n) is 2.80. The lowest BCUT2D eigenvalue weighted by Gasteiger charge is -2.27. The van der Waals surface area contributed by atoms with E-state index in [1.54, 1.807) is 0 Å². The molecular formula is C15H29NO2. The van der Waals surface area contributed by atoms with Crippen molar-refractivity contribution >= 4 is 0 Å². The third kappa shape index (κ3) is 4.52. The molecule has 0 spiro atoms. The average molecular weight is 255 g/mol. The van der Waals surface area contributed by atoms with Crippen molar-refractivity contribution in [3.8, 4) is 0 Å². The van der Waals surface area contributed by atoms with Crippen LogP contribution in [0.5, 0.6) is 0 Å². The Kier molecular flexibility index (Phi) is 6.46. The summed E-state index contributed by atoms with van der Waals surface area (Å²) in [7, 11) is 0. The van der Waals surface area contributed by atoms with E-state index < -0.39 is 0 Å². The van der Waals surface area contributed by atoms with Gasteiger partial charge in [-0.2, -0.15) is 0 Å². The van der Waals surface area contributed by atoms with Crippen molar-refractivity contribution in [1.29, 1.82) is 0 Å². The van der Waals surface area contributed by atoms with Gasteiger partial charge in [-0.25, -0.2) is 0 Å². The molecule has 1 N–H and O–H groups in total. The van der Waals surface area contributed by atoms with Crippen LogP contribution in [-0.4, -0.2) is 39.0 Å². The van der Waals surface area contributed by atoms with Crippen LogP contribution in [0.3, 0.4) is 0 Å². The van der Waals surface area contributed by atoms with E-state index in [-0.39, 0.29) is 0 Å². The Morgan fingerprint density at radius 1 is 1.33 bits per heavy atom. The average Bonchev–Trinajstić information content (AvgIpc) is 2.84. The number of nitrogens with one attached hydrogen (secondary N) is 1. The first-order valence-electron chi connectivity index (χ1n) is 7.79. The van der Waals surface area contributed by atoms with Gasteiger partial charge in [0.1, 0.15) is 0 Å². The molecule has 0 aromatic rings. The number of hydrogen-bond acceptors (Lipinski definition) is 3. The summed E-state index contributed by atoms with van der Waals surface area (Å²) in [4.78, 5) is 0. The molecule has 106 valence electrons. The standard InChI is InChI=1S/C15H29NO2/c1-2-8-16-15(14-7-10-17-11-14)12-18-9-6-13-4-3-5-13/h13-16H,2-12H2,1H3. The zero-order valence-electron chi connectivity index (χ0n) is 11.8. The molecule has 2 unspecified atom stereocenters. The lowest BCUT2D eigenvalue weighted by molar-refractivity contribution is 0.0711. The summed E-state index contributed by atoms with van der Waals surface area (Å²) in [6, 6.07) is 0.494. The molecule has 2 aliphatic rings. The lowest BCUT2D eigenvalue weighted by Crippen LogP contribution is -2.41. The molecule has 3 heteroatoms. The van der Waals surface area contributed by atoms with Gasteiger partial charge in [-0.3, -0.25) is 0 Å². The Hall–Kier alpha value is -0.120. The zero-order chi connectivity index (χ0) is 12.6. The SMILES string of the molecule is CCCNC(COCCC1CCC1)C1CCOC1. The Morgan fingerprint density at radius 3 is 2.83 bits per heavy atom. The van der Waals surface area contributed by atoms with Gasteiger partial charge in [0.25, 0.3) is 0 Å². The van der Waals surface area contributed by atoms with Crippen LogP contribution in [0.15, 0.2) is 0 Å². The van der Waals surface area contributed by atoms with E-state index in [0.717, 1.165) is 38.9 Å². The fraction of sp³-hybridized carbons (Fsp3) is 1.00. The van der Waals surface area contributed by atoms with Gasteiger partial charge in [-0.15, -0.1) is 0 Å². The van der Waals surface area contributed by atoms with E-state index in [0.29, 0.717) is 12.0 Å². The van der Waals surface area contributed by atoms with Crippen molar-refractivity contribution in [2.45, 2.75) is 51.5 Å². The molecule has 1 heterocycles. The second-order valence-corrected chi connectivity index (χ2v) is 5.84. The summed E-state index contributed by atoms with van der Waals surface area (Å²) >= 11 is 0. The molecule has 18 heavy (non-hydrogen) atoms. The molecule has 0 aromatic heterocycles. The highest BCUT2D eigenvalue weighted by Gasteiger charge is 2.25. The lowest BCUT2D eigenvalue weighted by atomic mass is 9.83. The van der Waals surface area contributed by atoms with E-state index in [4.69, 9.17) is 9.47 Å². The summed E-state index contributed by atoms with van der Waals surface area (Å²) in [5.41, 5.74) is 0. The maximum atomic E-state index is 5.89. The minimum atomic E-state index is 0.494. The molecule has 0 bridgehead atoms. The minimum absolute atomic E-state index is 0.494. The first-order chi connectivity index (χ1) is 8.90. The van der Waals surface area contributed by atoms with Gasteiger partial charge >= 0.3 is 0 Å². The third-order valence-corrected chi connectivity index (χ3v) is 4.38. The molecule has 2 fully saturated rings. The number of rotatable bonds is 9. The van der Waals surface area contributed by atoms with Gasteiger partial charge in [0.05, 0.1) is 13.2 Å². The monoisotopic (exact) mass is 255 g/mol. The van der Waals surface area contributed by atoms with Crippen LogP contribution in [0.1, 0.15) is 45.4 Å².